The lowest BCUT2D eigenvalue weighted by Crippen LogP contribution is -2.12. The number of nitrogen functional groups attached to an aromatic ring is 1. The molecule has 4 aromatic carbocycles. The molecule has 0 spiro atoms. The van der Waals surface area contributed by atoms with Crippen LogP contribution in [0.4, 0.5) is 11.5 Å². The molecule has 0 aliphatic heterocycles. The summed E-state index contributed by atoms with van der Waals surface area (Å²) in [6.45, 7) is 0. The molecular weight excluding hydrogens is 362 g/mol. The first-order valence-corrected chi connectivity index (χ1v) is 9.24. The molecule has 1 aromatic heterocycles. The van der Waals surface area contributed by atoms with E-state index in [0.717, 1.165) is 33.0 Å². The summed E-state index contributed by atoms with van der Waals surface area (Å²) in [5.41, 5.74) is 9.98. The van der Waals surface area contributed by atoms with Crippen molar-refractivity contribution in [1.29, 1.82) is 0 Å². The molecule has 0 fully saturated rings. The molecule has 0 atom stereocenters. The van der Waals surface area contributed by atoms with E-state index in [0.29, 0.717) is 17.0 Å². The summed E-state index contributed by atoms with van der Waals surface area (Å²) in [5.74, 6) is 0.228. The number of rotatable bonds is 3. The molecule has 0 saturated carbocycles. The van der Waals surface area contributed by atoms with Gasteiger partial charge in [0.05, 0.1) is 5.39 Å². The Kier molecular flexibility index (Phi) is 3.99. The van der Waals surface area contributed by atoms with E-state index in [2.05, 4.69) is 16.5 Å². The molecule has 140 valence electrons. The standard InChI is InChI=1S/C24H17N3O2/c25-23-22-19(9-5-11-21(22)29-27-23)16-12-13-18-15(14-16)6-4-10-20(18)24(28)26-17-7-2-1-3-8-17/h1-14H,(H2,25,27)(H,26,28). The van der Waals surface area contributed by atoms with E-state index in [1.807, 2.05) is 78.9 Å². The third-order valence-electron chi connectivity index (χ3n) is 4.99. The Labute approximate surface area is 166 Å². The molecule has 0 unspecified atom stereocenters. The smallest absolute Gasteiger partial charge is 0.256 e. The van der Waals surface area contributed by atoms with Crippen molar-refractivity contribution in [2.75, 3.05) is 11.1 Å². The monoisotopic (exact) mass is 379 g/mol. The van der Waals surface area contributed by atoms with Crippen molar-refractivity contribution in [3.63, 3.8) is 0 Å². The third-order valence-corrected chi connectivity index (χ3v) is 4.99. The Hall–Kier alpha value is -4.12. The van der Waals surface area contributed by atoms with Crippen LogP contribution in [0.5, 0.6) is 0 Å². The second kappa shape index (κ2) is 6.80. The Morgan fingerprint density at radius 2 is 1.72 bits per heavy atom. The Morgan fingerprint density at radius 3 is 2.59 bits per heavy atom. The lowest BCUT2D eigenvalue weighted by molar-refractivity contribution is 0.102. The first-order valence-electron chi connectivity index (χ1n) is 9.24. The number of aromatic nitrogens is 1. The number of nitrogens with one attached hydrogen (secondary N) is 1. The van der Waals surface area contributed by atoms with Crippen LogP contribution in [0, 0.1) is 0 Å². The van der Waals surface area contributed by atoms with Crippen molar-refractivity contribution in [2.24, 2.45) is 0 Å². The number of fused-ring (bicyclic) bond motifs is 2. The maximum absolute atomic E-state index is 12.8. The maximum atomic E-state index is 12.8. The quantitative estimate of drug-likeness (QED) is 0.435. The average molecular weight is 379 g/mol. The first-order chi connectivity index (χ1) is 14.2. The van der Waals surface area contributed by atoms with Crippen molar-refractivity contribution in [3.05, 3.63) is 90.5 Å². The van der Waals surface area contributed by atoms with Crippen molar-refractivity contribution in [2.45, 2.75) is 0 Å². The van der Waals surface area contributed by atoms with Crippen LogP contribution in [-0.4, -0.2) is 11.1 Å². The van der Waals surface area contributed by atoms with Crippen LogP contribution in [-0.2, 0) is 0 Å². The first kappa shape index (κ1) is 17.0. The molecule has 5 rings (SSSR count). The van der Waals surface area contributed by atoms with Gasteiger partial charge in [0.1, 0.15) is 0 Å². The number of amides is 1. The minimum atomic E-state index is -0.139. The summed E-state index contributed by atoms with van der Waals surface area (Å²) in [6.07, 6.45) is 0. The number of hydrogen-bond acceptors (Lipinski definition) is 4. The Morgan fingerprint density at radius 1 is 0.897 bits per heavy atom. The van der Waals surface area contributed by atoms with Gasteiger partial charge >= 0.3 is 0 Å². The molecule has 5 aromatic rings. The van der Waals surface area contributed by atoms with Crippen molar-refractivity contribution < 1.29 is 9.32 Å². The number of anilines is 2. The van der Waals surface area contributed by atoms with Crippen LogP contribution < -0.4 is 11.1 Å². The van der Waals surface area contributed by atoms with Crippen molar-refractivity contribution >= 4 is 39.2 Å². The van der Waals surface area contributed by atoms with Gasteiger partial charge in [-0.25, -0.2) is 0 Å². The van der Waals surface area contributed by atoms with Crippen molar-refractivity contribution in [3.8, 4) is 11.1 Å². The van der Waals surface area contributed by atoms with Gasteiger partial charge < -0.3 is 15.6 Å². The van der Waals surface area contributed by atoms with Crippen molar-refractivity contribution in [1.82, 2.24) is 5.16 Å². The van der Waals surface area contributed by atoms with Crippen LogP contribution in [0.15, 0.2) is 89.5 Å². The van der Waals surface area contributed by atoms with Crippen LogP contribution in [0.2, 0.25) is 0 Å². The number of hydrogen-bond donors (Lipinski definition) is 2. The lowest BCUT2D eigenvalue weighted by atomic mass is 9.96. The van der Waals surface area contributed by atoms with E-state index in [9.17, 15) is 4.79 Å². The normalized spacial score (nSPS) is 11.0. The van der Waals surface area contributed by atoms with E-state index in [1.165, 1.54) is 0 Å². The second-order valence-corrected chi connectivity index (χ2v) is 6.81. The summed E-state index contributed by atoms with van der Waals surface area (Å²) < 4.78 is 5.28. The summed E-state index contributed by atoms with van der Waals surface area (Å²) >= 11 is 0. The van der Waals surface area contributed by atoms with Gasteiger partial charge in [-0.2, -0.15) is 0 Å². The summed E-state index contributed by atoms with van der Waals surface area (Å²) in [4.78, 5) is 12.8. The van der Waals surface area contributed by atoms with Crippen LogP contribution in [0.3, 0.4) is 0 Å². The third kappa shape index (κ3) is 2.99. The van der Waals surface area contributed by atoms with E-state index < -0.39 is 0 Å². The number of carbonyl (C=O) groups is 1. The number of nitrogens with zero attached hydrogens (tertiary/aromatic N) is 1. The minimum absolute atomic E-state index is 0.139. The molecule has 0 aliphatic rings. The predicted octanol–water partition coefficient (Wildman–Crippen LogP) is 5.48. The SMILES string of the molecule is Nc1noc2cccc(-c3ccc4c(C(=O)Nc5ccccc5)cccc4c3)c12. The van der Waals surface area contributed by atoms with Gasteiger partial charge in [-0.15, -0.1) is 0 Å². The zero-order chi connectivity index (χ0) is 19.8. The van der Waals surface area contributed by atoms with Crippen LogP contribution in [0.1, 0.15) is 10.4 Å². The molecule has 29 heavy (non-hydrogen) atoms. The van der Waals surface area contributed by atoms with Gasteiger partial charge in [0, 0.05) is 11.3 Å². The minimum Gasteiger partial charge on any atom is -0.380 e. The Balaban J connectivity index is 1.58. The van der Waals surface area contributed by atoms with E-state index in [4.69, 9.17) is 10.3 Å². The molecule has 0 aliphatic carbocycles. The lowest BCUT2D eigenvalue weighted by Gasteiger charge is -2.10. The summed E-state index contributed by atoms with van der Waals surface area (Å²) in [7, 11) is 0. The fourth-order valence-electron chi connectivity index (χ4n) is 3.63. The molecular formula is C24H17N3O2. The predicted molar refractivity (Wildman–Crippen MR) is 116 cm³/mol. The zero-order valence-corrected chi connectivity index (χ0v) is 15.4. The average Bonchev–Trinajstić information content (AvgIpc) is 3.14. The van der Waals surface area contributed by atoms with E-state index >= 15 is 0 Å². The second-order valence-electron chi connectivity index (χ2n) is 6.81. The highest BCUT2D eigenvalue weighted by molar-refractivity contribution is 6.13. The van der Waals surface area contributed by atoms with Gasteiger partial charge in [0.25, 0.3) is 5.91 Å². The number of benzene rings is 4. The van der Waals surface area contributed by atoms with E-state index in [-0.39, 0.29) is 5.91 Å². The maximum Gasteiger partial charge on any atom is 0.256 e. The highest BCUT2D eigenvalue weighted by Gasteiger charge is 2.14. The molecule has 5 nitrogen and oxygen atoms in total. The summed E-state index contributed by atoms with van der Waals surface area (Å²) in [5, 5.41) is 9.47. The molecule has 0 radical (unpaired) electrons. The van der Waals surface area contributed by atoms with Crippen LogP contribution in [0.25, 0.3) is 32.9 Å². The van der Waals surface area contributed by atoms with E-state index in [1.54, 1.807) is 0 Å². The molecule has 1 amide bonds. The number of para-hydroxylation sites is 1. The van der Waals surface area contributed by atoms with Crippen LogP contribution >= 0.6 is 0 Å². The Bertz CT molecular complexity index is 1360. The van der Waals surface area contributed by atoms with Gasteiger partial charge in [0.2, 0.25) is 0 Å². The topological polar surface area (TPSA) is 81.2 Å². The molecule has 0 bridgehead atoms. The molecule has 3 N–H and O–H groups in total. The van der Waals surface area contributed by atoms with Gasteiger partial charge in [-0.1, -0.05) is 59.8 Å². The zero-order valence-electron chi connectivity index (χ0n) is 15.4. The number of carbonyl (C=O) groups excluding carboxylic acids is 1. The van der Waals surface area contributed by atoms with Gasteiger partial charge in [-0.3, -0.25) is 4.79 Å². The molecule has 5 heteroatoms. The van der Waals surface area contributed by atoms with Gasteiger partial charge in [0.15, 0.2) is 11.4 Å². The molecule has 1 heterocycles. The highest BCUT2D eigenvalue weighted by atomic mass is 16.5. The fourth-order valence-corrected chi connectivity index (χ4v) is 3.63. The summed E-state index contributed by atoms with van der Waals surface area (Å²) in [6, 6.07) is 26.9. The molecule has 0 saturated heterocycles. The largest absolute Gasteiger partial charge is 0.380 e. The fraction of sp³-hybridized carbons (Fsp3) is 0. The highest BCUT2D eigenvalue weighted by Crippen LogP contribution is 2.34. The number of nitrogens with two attached hydrogens (primary N) is 1. The van der Waals surface area contributed by atoms with Gasteiger partial charge in [-0.05, 0) is 52.2 Å².